The first-order valence-electron chi connectivity index (χ1n) is 9.67. The Kier molecular flexibility index (Phi) is 5.37. The molecule has 4 rings (SSSR count). The molecule has 1 saturated carbocycles. The van der Waals surface area contributed by atoms with Gasteiger partial charge in [0.2, 0.25) is 11.8 Å². The van der Waals surface area contributed by atoms with Crippen molar-refractivity contribution in [3.05, 3.63) is 70.1 Å². The number of amides is 1. The lowest BCUT2D eigenvalue weighted by molar-refractivity contribution is -0.120. The predicted octanol–water partition coefficient (Wildman–Crippen LogP) is 3.10. The second-order valence-electron chi connectivity index (χ2n) is 7.16. The Labute approximate surface area is 163 Å². The summed E-state index contributed by atoms with van der Waals surface area (Å²) in [5.74, 6) is 0.370. The fourth-order valence-corrected chi connectivity index (χ4v) is 3.58. The van der Waals surface area contributed by atoms with E-state index in [4.69, 9.17) is 4.74 Å². The van der Waals surface area contributed by atoms with Crippen LogP contribution in [0.2, 0.25) is 0 Å². The number of fused-ring (bicyclic) bond motifs is 1. The van der Waals surface area contributed by atoms with Crippen LogP contribution in [0.3, 0.4) is 0 Å². The van der Waals surface area contributed by atoms with E-state index in [-0.39, 0.29) is 24.0 Å². The molecular weight excluding hydrogens is 354 g/mol. The second-order valence-corrected chi connectivity index (χ2v) is 7.16. The summed E-state index contributed by atoms with van der Waals surface area (Å²) < 4.78 is 6.01. The number of ether oxygens (including phenoxy) is 1. The Hall–Kier alpha value is -3.15. The fraction of sp³-hybridized carbons (Fsp3) is 0.318. The van der Waals surface area contributed by atoms with Crippen molar-refractivity contribution in [1.82, 2.24) is 15.3 Å². The quantitative estimate of drug-likeness (QED) is 0.691. The molecule has 0 bridgehead atoms. The molecule has 2 N–H and O–H groups in total. The van der Waals surface area contributed by atoms with E-state index in [2.05, 4.69) is 15.3 Å². The van der Waals surface area contributed by atoms with E-state index in [1.54, 1.807) is 12.3 Å². The number of H-pyrrole nitrogens is 1. The van der Waals surface area contributed by atoms with Gasteiger partial charge in [-0.2, -0.15) is 0 Å². The van der Waals surface area contributed by atoms with Crippen LogP contribution >= 0.6 is 0 Å². The normalized spacial score (nSPS) is 14.3. The summed E-state index contributed by atoms with van der Waals surface area (Å²) in [7, 11) is 0. The van der Waals surface area contributed by atoms with Crippen molar-refractivity contribution in [1.29, 1.82) is 0 Å². The van der Waals surface area contributed by atoms with Gasteiger partial charge in [0.15, 0.2) is 0 Å². The van der Waals surface area contributed by atoms with E-state index < -0.39 is 0 Å². The third-order valence-corrected chi connectivity index (χ3v) is 5.09. The van der Waals surface area contributed by atoms with Gasteiger partial charge in [-0.15, -0.1) is 0 Å². The molecule has 2 aromatic heterocycles. The van der Waals surface area contributed by atoms with Crippen LogP contribution in [0, 0.1) is 0 Å². The van der Waals surface area contributed by atoms with Gasteiger partial charge in [-0.25, -0.2) is 4.98 Å². The first-order valence-corrected chi connectivity index (χ1v) is 9.67. The number of nitrogens with one attached hydrogen (secondary N) is 2. The molecule has 0 saturated heterocycles. The average molecular weight is 377 g/mol. The Morgan fingerprint density at radius 3 is 2.82 bits per heavy atom. The number of rotatable bonds is 6. The van der Waals surface area contributed by atoms with Crippen molar-refractivity contribution in [2.24, 2.45) is 0 Å². The predicted molar refractivity (Wildman–Crippen MR) is 107 cm³/mol. The first-order chi connectivity index (χ1) is 13.7. The van der Waals surface area contributed by atoms with Gasteiger partial charge < -0.3 is 15.0 Å². The van der Waals surface area contributed by atoms with Gasteiger partial charge in [-0.1, -0.05) is 24.3 Å². The first kappa shape index (κ1) is 18.2. The maximum atomic E-state index is 12.4. The molecule has 1 aliphatic rings. The summed E-state index contributed by atoms with van der Waals surface area (Å²) in [5.41, 5.74) is 1.82. The van der Waals surface area contributed by atoms with Gasteiger partial charge in [0.1, 0.15) is 6.10 Å². The number of aromatic amines is 1. The number of benzene rings is 1. The maximum absolute atomic E-state index is 12.4. The monoisotopic (exact) mass is 377 g/mol. The van der Waals surface area contributed by atoms with Gasteiger partial charge in [0.25, 0.3) is 5.56 Å². The molecule has 6 nitrogen and oxygen atoms in total. The van der Waals surface area contributed by atoms with E-state index in [1.165, 1.54) is 12.8 Å². The standard InChI is InChI=1S/C22H23N3O3/c26-20(13-17-12-15-6-1-4-10-19(15)25-21(17)27)24-14-16-7-5-11-23-22(16)28-18-8-2-3-9-18/h1,4-7,10-12,18H,2-3,8-9,13-14H2,(H,24,26)(H,25,27). The molecule has 3 aromatic rings. The molecular formula is C22H23N3O3. The minimum atomic E-state index is -0.236. The summed E-state index contributed by atoms with van der Waals surface area (Å²) in [6, 6.07) is 13.0. The van der Waals surface area contributed by atoms with Crippen molar-refractivity contribution < 1.29 is 9.53 Å². The highest BCUT2D eigenvalue weighted by atomic mass is 16.5. The smallest absolute Gasteiger partial charge is 0.252 e. The molecule has 0 aliphatic heterocycles. The molecule has 1 amide bonds. The summed E-state index contributed by atoms with van der Waals surface area (Å²) in [6.45, 7) is 0.320. The zero-order valence-electron chi connectivity index (χ0n) is 15.6. The highest BCUT2D eigenvalue weighted by Gasteiger charge is 2.19. The summed E-state index contributed by atoms with van der Waals surface area (Å²) in [5, 5.41) is 3.78. The Morgan fingerprint density at radius 2 is 1.96 bits per heavy atom. The highest BCUT2D eigenvalue weighted by Crippen LogP contribution is 2.24. The van der Waals surface area contributed by atoms with Crippen LogP contribution in [0.1, 0.15) is 36.8 Å². The number of carbonyl (C=O) groups excluding carboxylic acids is 1. The second kappa shape index (κ2) is 8.25. The molecule has 144 valence electrons. The number of carbonyl (C=O) groups is 1. The zero-order chi connectivity index (χ0) is 19.3. The molecule has 1 fully saturated rings. The van der Waals surface area contributed by atoms with Gasteiger partial charge in [0.05, 0.1) is 6.42 Å². The van der Waals surface area contributed by atoms with Crippen molar-refractivity contribution in [3.63, 3.8) is 0 Å². The van der Waals surface area contributed by atoms with Gasteiger partial charge >= 0.3 is 0 Å². The number of pyridine rings is 2. The molecule has 0 spiro atoms. The lowest BCUT2D eigenvalue weighted by Gasteiger charge is -2.15. The van der Waals surface area contributed by atoms with E-state index in [1.807, 2.05) is 36.4 Å². The Morgan fingerprint density at radius 1 is 1.14 bits per heavy atom. The van der Waals surface area contributed by atoms with Crippen molar-refractivity contribution in [2.45, 2.75) is 44.8 Å². The number of aromatic nitrogens is 2. The van der Waals surface area contributed by atoms with E-state index >= 15 is 0 Å². The summed E-state index contributed by atoms with van der Waals surface area (Å²) >= 11 is 0. The molecule has 1 aromatic carbocycles. The van der Waals surface area contributed by atoms with Crippen molar-refractivity contribution in [2.75, 3.05) is 0 Å². The summed E-state index contributed by atoms with van der Waals surface area (Å²) in [4.78, 5) is 31.8. The zero-order valence-corrected chi connectivity index (χ0v) is 15.6. The Bertz CT molecular complexity index is 1040. The van der Waals surface area contributed by atoms with E-state index in [0.717, 1.165) is 29.3 Å². The average Bonchev–Trinajstić information content (AvgIpc) is 3.21. The molecule has 1 aliphatic carbocycles. The maximum Gasteiger partial charge on any atom is 0.252 e. The minimum Gasteiger partial charge on any atom is -0.474 e. The number of hydrogen-bond donors (Lipinski definition) is 2. The van der Waals surface area contributed by atoms with Gasteiger partial charge in [0, 0.05) is 29.4 Å². The third-order valence-electron chi connectivity index (χ3n) is 5.09. The SMILES string of the molecule is O=C(Cc1cc2ccccc2[nH]c1=O)NCc1cccnc1OC1CCCC1. The molecule has 6 heteroatoms. The van der Waals surface area contributed by atoms with Gasteiger partial charge in [-0.05, 0) is 49.3 Å². The number of nitrogens with zero attached hydrogens (tertiary/aromatic N) is 1. The van der Waals surface area contributed by atoms with E-state index in [9.17, 15) is 9.59 Å². The summed E-state index contributed by atoms with van der Waals surface area (Å²) in [6.07, 6.45) is 6.40. The van der Waals surface area contributed by atoms with Crippen LogP contribution in [0.15, 0.2) is 53.5 Å². The molecule has 28 heavy (non-hydrogen) atoms. The van der Waals surface area contributed by atoms with Gasteiger partial charge in [-0.3, -0.25) is 9.59 Å². The van der Waals surface area contributed by atoms with Crippen LogP contribution in [0.5, 0.6) is 5.88 Å². The number of para-hydroxylation sites is 1. The van der Waals surface area contributed by atoms with Crippen molar-refractivity contribution in [3.8, 4) is 5.88 Å². The lowest BCUT2D eigenvalue weighted by atomic mass is 10.1. The van der Waals surface area contributed by atoms with Crippen molar-refractivity contribution >= 4 is 16.8 Å². The number of hydrogen-bond acceptors (Lipinski definition) is 4. The lowest BCUT2D eigenvalue weighted by Crippen LogP contribution is -2.28. The van der Waals surface area contributed by atoms with Crippen LogP contribution < -0.4 is 15.6 Å². The van der Waals surface area contributed by atoms with Crippen LogP contribution in [-0.2, 0) is 17.8 Å². The molecule has 2 heterocycles. The molecule has 0 atom stereocenters. The largest absolute Gasteiger partial charge is 0.474 e. The topological polar surface area (TPSA) is 84.1 Å². The minimum absolute atomic E-state index is 0.0270. The van der Waals surface area contributed by atoms with Crippen LogP contribution in [0.4, 0.5) is 0 Å². The Balaban J connectivity index is 1.41. The van der Waals surface area contributed by atoms with Crippen LogP contribution in [-0.4, -0.2) is 22.0 Å². The molecule has 0 unspecified atom stereocenters. The fourth-order valence-electron chi connectivity index (χ4n) is 3.58. The highest BCUT2D eigenvalue weighted by molar-refractivity contribution is 5.82. The molecule has 0 radical (unpaired) electrons. The third kappa shape index (κ3) is 4.22. The van der Waals surface area contributed by atoms with E-state index in [0.29, 0.717) is 18.0 Å². The van der Waals surface area contributed by atoms with Crippen LogP contribution in [0.25, 0.3) is 10.9 Å².